The second-order valence-corrected chi connectivity index (χ2v) is 6.63. The summed E-state index contributed by atoms with van der Waals surface area (Å²) in [5, 5.41) is 0. The van der Waals surface area contributed by atoms with Crippen molar-refractivity contribution in [1.29, 1.82) is 0 Å². The zero-order chi connectivity index (χ0) is 14.5. The molecule has 1 aliphatic rings. The van der Waals surface area contributed by atoms with Gasteiger partial charge in [0.25, 0.3) is 0 Å². The highest BCUT2D eigenvalue weighted by Gasteiger charge is 2.22. The molecule has 20 heavy (non-hydrogen) atoms. The molecule has 2 rings (SSSR count). The number of aryl methyl sites for hydroxylation is 1. The predicted octanol–water partition coefficient (Wildman–Crippen LogP) is 3.12. The number of hydrogen-bond acceptors (Lipinski definition) is 3. The SMILES string of the molecule is Cc1ccc(C(CN)N(C)CC2CCOCC2)c(Br)c1. The molecule has 1 saturated heterocycles. The Morgan fingerprint density at radius 3 is 2.70 bits per heavy atom. The summed E-state index contributed by atoms with van der Waals surface area (Å²) in [7, 11) is 2.18. The number of benzene rings is 1. The van der Waals surface area contributed by atoms with Gasteiger partial charge in [-0.1, -0.05) is 28.1 Å². The molecular formula is C16H25BrN2O. The number of hydrogen-bond donors (Lipinski definition) is 1. The number of halogens is 1. The van der Waals surface area contributed by atoms with Gasteiger partial charge in [-0.05, 0) is 49.9 Å². The van der Waals surface area contributed by atoms with Crippen LogP contribution in [0.4, 0.5) is 0 Å². The summed E-state index contributed by atoms with van der Waals surface area (Å²) in [6.45, 7) is 5.64. The minimum atomic E-state index is 0.271. The highest BCUT2D eigenvalue weighted by Crippen LogP contribution is 2.29. The topological polar surface area (TPSA) is 38.5 Å². The molecule has 2 N–H and O–H groups in total. The van der Waals surface area contributed by atoms with E-state index in [1.54, 1.807) is 0 Å². The Morgan fingerprint density at radius 2 is 2.10 bits per heavy atom. The van der Waals surface area contributed by atoms with Crippen LogP contribution >= 0.6 is 15.9 Å². The molecule has 0 bridgehead atoms. The molecule has 0 radical (unpaired) electrons. The number of rotatable bonds is 5. The normalized spacial score (nSPS) is 18.4. The van der Waals surface area contributed by atoms with E-state index in [2.05, 4.69) is 53.0 Å². The van der Waals surface area contributed by atoms with Gasteiger partial charge in [0, 0.05) is 36.8 Å². The molecule has 3 nitrogen and oxygen atoms in total. The summed E-state index contributed by atoms with van der Waals surface area (Å²) >= 11 is 3.68. The van der Waals surface area contributed by atoms with Crippen molar-refractivity contribution in [3.05, 3.63) is 33.8 Å². The average molecular weight is 341 g/mol. The van der Waals surface area contributed by atoms with Crippen LogP contribution in [0.1, 0.15) is 30.0 Å². The lowest BCUT2D eigenvalue weighted by Gasteiger charge is -2.33. The van der Waals surface area contributed by atoms with Gasteiger partial charge in [0.1, 0.15) is 0 Å². The molecule has 1 aliphatic heterocycles. The number of likely N-dealkylation sites (N-methyl/N-ethyl adjacent to an activating group) is 1. The van der Waals surface area contributed by atoms with Gasteiger partial charge in [0.15, 0.2) is 0 Å². The Bertz CT molecular complexity index is 432. The van der Waals surface area contributed by atoms with Crippen LogP contribution in [0.15, 0.2) is 22.7 Å². The van der Waals surface area contributed by atoms with E-state index in [4.69, 9.17) is 10.5 Å². The minimum absolute atomic E-state index is 0.271. The molecule has 0 saturated carbocycles. The molecule has 1 aromatic carbocycles. The van der Waals surface area contributed by atoms with E-state index in [0.29, 0.717) is 6.54 Å². The van der Waals surface area contributed by atoms with E-state index < -0.39 is 0 Å². The molecule has 1 aromatic rings. The highest BCUT2D eigenvalue weighted by molar-refractivity contribution is 9.10. The van der Waals surface area contributed by atoms with Crippen molar-refractivity contribution in [2.75, 3.05) is 33.4 Å². The van der Waals surface area contributed by atoms with E-state index in [1.165, 1.54) is 11.1 Å². The van der Waals surface area contributed by atoms with Crippen LogP contribution in [0.2, 0.25) is 0 Å². The van der Waals surface area contributed by atoms with E-state index in [1.807, 2.05) is 0 Å². The van der Waals surface area contributed by atoms with Crippen LogP contribution in [0.5, 0.6) is 0 Å². The molecule has 0 amide bonds. The fourth-order valence-electron chi connectivity index (χ4n) is 2.91. The summed E-state index contributed by atoms with van der Waals surface area (Å²) in [5.41, 5.74) is 8.58. The Balaban J connectivity index is 2.06. The standard InChI is InChI=1S/C16H25BrN2O/c1-12-3-4-14(15(17)9-12)16(10-18)19(2)11-13-5-7-20-8-6-13/h3-4,9,13,16H,5-8,10-11,18H2,1-2H3. The molecule has 1 heterocycles. The molecule has 0 aromatic heterocycles. The maximum atomic E-state index is 6.03. The van der Waals surface area contributed by atoms with Crippen LogP contribution in [0, 0.1) is 12.8 Å². The van der Waals surface area contributed by atoms with Crippen molar-refractivity contribution in [3.63, 3.8) is 0 Å². The first kappa shape index (κ1) is 16.0. The fourth-order valence-corrected chi connectivity index (χ4v) is 3.67. The Labute approximate surface area is 130 Å². The number of ether oxygens (including phenoxy) is 1. The second-order valence-electron chi connectivity index (χ2n) is 5.77. The molecule has 4 heteroatoms. The monoisotopic (exact) mass is 340 g/mol. The average Bonchev–Trinajstić information content (AvgIpc) is 2.43. The zero-order valence-corrected chi connectivity index (χ0v) is 14.0. The Hall–Kier alpha value is -0.420. The minimum Gasteiger partial charge on any atom is -0.381 e. The van der Waals surface area contributed by atoms with Crippen molar-refractivity contribution < 1.29 is 4.74 Å². The summed E-state index contributed by atoms with van der Waals surface area (Å²) < 4.78 is 6.59. The van der Waals surface area contributed by atoms with E-state index >= 15 is 0 Å². The quantitative estimate of drug-likeness (QED) is 0.894. The molecule has 1 atom stereocenters. The van der Waals surface area contributed by atoms with Crippen LogP contribution in [0.25, 0.3) is 0 Å². The first-order valence-electron chi connectivity index (χ1n) is 7.36. The number of nitrogens with two attached hydrogens (primary N) is 1. The van der Waals surface area contributed by atoms with Crippen molar-refractivity contribution in [3.8, 4) is 0 Å². The van der Waals surface area contributed by atoms with Gasteiger partial charge in [0.05, 0.1) is 0 Å². The lowest BCUT2D eigenvalue weighted by molar-refractivity contribution is 0.0507. The second kappa shape index (κ2) is 7.55. The molecular weight excluding hydrogens is 316 g/mol. The predicted molar refractivity (Wildman–Crippen MR) is 86.8 cm³/mol. The first-order chi connectivity index (χ1) is 9.61. The van der Waals surface area contributed by atoms with Crippen LogP contribution in [-0.4, -0.2) is 38.3 Å². The highest BCUT2D eigenvalue weighted by atomic mass is 79.9. The van der Waals surface area contributed by atoms with E-state index in [0.717, 1.165) is 43.0 Å². The Kier molecular flexibility index (Phi) is 6.02. The largest absolute Gasteiger partial charge is 0.381 e. The first-order valence-corrected chi connectivity index (χ1v) is 8.15. The summed E-state index contributed by atoms with van der Waals surface area (Å²) in [6.07, 6.45) is 2.33. The third-order valence-corrected chi connectivity index (χ3v) is 4.84. The summed E-state index contributed by atoms with van der Waals surface area (Å²) in [5.74, 6) is 0.729. The lowest BCUT2D eigenvalue weighted by atomic mass is 9.97. The van der Waals surface area contributed by atoms with Gasteiger partial charge in [-0.15, -0.1) is 0 Å². The van der Waals surface area contributed by atoms with Crippen molar-refractivity contribution in [2.45, 2.75) is 25.8 Å². The van der Waals surface area contributed by atoms with Crippen molar-refractivity contribution >= 4 is 15.9 Å². The van der Waals surface area contributed by atoms with E-state index in [-0.39, 0.29) is 6.04 Å². The van der Waals surface area contributed by atoms with E-state index in [9.17, 15) is 0 Å². The fraction of sp³-hybridized carbons (Fsp3) is 0.625. The van der Waals surface area contributed by atoms with Gasteiger partial charge in [-0.2, -0.15) is 0 Å². The van der Waals surface area contributed by atoms with Gasteiger partial charge >= 0.3 is 0 Å². The van der Waals surface area contributed by atoms with Crippen LogP contribution in [-0.2, 0) is 4.74 Å². The molecule has 1 fully saturated rings. The molecule has 1 unspecified atom stereocenters. The van der Waals surface area contributed by atoms with Crippen molar-refractivity contribution in [1.82, 2.24) is 4.90 Å². The smallest absolute Gasteiger partial charge is 0.0478 e. The maximum absolute atomic E-state index is 6.03. The van der Waals surface area contributed by atoms with Gasteiger partial charge < -0.3 is 10.5 Å². The third-order valence-electron chi connectivity index (χ3n) is 4.16. The molecule has 0 spiro atoms. The molecule has 112 valence electrons. The van der Waals surface area contributed by atoms with Gasteiger partial charge in [0.2, 0.25) is 0 Å². The Morgan fingerprint density at radius 1 is 1.40 bits per heavy atom. The summed E-state index contributed by atoms with van der Waals surface area (Å²) in [4.78, 5) is 2.39. The van der Waals surface area contributed by atoms with Crippen LogP contribution < -0.4 is 5.73 Å². The maximum Gasteiger partial charge on any atom is 0.0478 e. The van der Waals surface area contributed by atoms with Crippen LogP contribution in [0.3, 0.4) is 0 Å². The third kappa shape index (κ3) is 4.04. The summed E-state index contributed by atoms with van der Waals surface area (Å²) in [6, 6.07) is 6.79. The van der Waals surface area contributed by atoms with Gasteiger partial charge in [-0.25, -0.2) is 0 Å². The number of nitrogens with zero attached hydrogens (tertiary/aromatic N) is 1. The zero-order valence-electron chi connectivity index (χ0n) is 12.4. The lowest BCUT2D eigenvalue weighted by Crippen LogP contribution is -2.36. The van der Waals surface area contributed by atoms with Gasteiger partial charge in [-0.3, -0.25) is 4.90 Å². The van der Waals surface area contributed by atoms with Crippen molar-refractivity contribution in [2.24, 2.45) is 11.7 Å². The molecule has 0 aliphatic carbocycles.